The Morgan fingerprint density at radius 1 is 1.18 bits per heavy atom. The van der Waals surface area contributed by atoms with Gasteiger partial charge in [0, 0.05) is 6.92 Å². The van der Waals surface area contributed by atoms with E-state index in [1.54, 1.807) is 20.8 Å². The van der Waals surface area contributed by atoms with Crippen LogP contribution >= 0.6 is 0 Å². The van der Waals surface area contributed by atoms with E-state index in [4.69, 9.17) is 14.2 Å². The van der Waals surface area contributed by atoms with Crippen LogP contribution in [-0.2, 0) is 23.8 Å². The number of hydrogen-bond donors (Lipinski definition) is 1. The van der Waals surface area contributed by atoms with Crippen molar-refractivity contribution in [2.75, 3.05) is 6.61 Å². The molecule has 0 fully saturated rings. The van der Waals surface area contributed by atoms with Crippen LogP contribution in [0.2, 0.25) is 0 Å². The van der Waals surface area contributed by atoms with Gasteiger partial charge in [0.25, 0.3) is 0 Å². The van der Waals surface area contributed by atoms with Crippen molar-refractivity contribution in [3.05, 3.63) is 0 Å². The average Bonchev–Trinajstić information content (AvgIpc) is 2.32. The van der Waals surface area contributed by atoms with Crippen molar-refractivity contribution in [1.29, 1.82) is 0 Å². The van der Waals surface area contributed by atoms with Gasteiger partial charge in [-0.25, -0.2) is 9.59 Å². The van der Waals surface area contributed by atoms with Crippen LogP contribution < -0.4 is 5.32 Å². The standard InChI is InChI=1S/C15H27NO6/c1-7-8-9-20-13(18)12(10(2)21-11(3)17)16-14(19)22-15(4,5)6/h10,12H,7-9H2,1-6H3,(H,16,19). The molecule has 0 saturated carbocycles. The molecule has 0 aliphatic heterocycles. The highest BCUT2D eigenvalue weighted by Crippen LogP contribution is 2.09. The number of carbonyl (C=O) groups excluding carboxylic acids is 3. The summed E-state index contributed by atoms with van der Waals surface area (Å²) < 4.78 is 15.1. The first-order valence-electron chi connectivity index (χ1n) is 7.40. The summed E-state index contributed by atoms with van der Waals surface area (Å²) >= 11 is 0. The Hall–Kier alpha value is -1.79. The lowest BCUT2D eigenvalue weighted by molar-refractivity contribution is -0.156. The maximum atomic E-state index is 12.1. The third kappa shape index (κ3) is 9.20. The first kappa shape index (κ1) is 20.2. The van der Waals surface area contributed by atoms with Crippen LogP contribution in [0.4, 0.5) is 4.79 Å². The summed E-state index contributed by atoms with van der Waals surface area (Å²) in [5, 5.41) is 2.39. The van der Waals surface area contributed by atoms with Crippen molar-refractivity contribution in [1.82, 2.24) is 5.32 Å². The second-order valence-corrected chi connectivity index (χ2v) is 5.96. The van der Waals surface area contributed by atoms with E-state index < -0.39 is 35.8 Å². The Kier molecular flexibility index (Phi) is 8.52. The molecule has 128 valence electrons. The molecular formula is C15H27NO6. The van der Waals surface area contributed by atoms with Crippen LogP contribution in [0.3, 0.4) is 0 Å². The number of unbranched alkanes of at least 4 members (excludes halogenated alkanes) is 1. The highest BCUT2D eigenvalue weighted by Gasteiger charge is 2.32. The van der Waals surface area contributed by atoms with Crippen LogP contribution in [-0.4, -0.2) is 42.4 Å². The third-order valence-electron chi connectivity index (χ3n) is 2.49. The van der Waals surface area contributed by atoms with Crippen molar-refractivity contribution >= 4 is 18.0 Å². The molecule has 7 nitrogen and oxygen atoms in total. The molecule has 0 rings (SSSR count). The van der Waals surface area contributed by atoms with Crippen molar-refractivity contribution in [2.24, 2.45) is 0 Å². The van der Waals surface area contributed by atoms with Gasteiger partial charge in [0.15, 0.2) is 6.04 Å². The molecule has 0 radical (unpaired) electrons. The Labute approximate surface area is 131 Å². The zero-order chi connectivity index (χ0) is 17.3. The first-order valence-corrected chi connectivity index (χ1v) is 7.40. The Morgan fingerprint density at radius 3 is 2.23 bits per heavy atom. The van der Waals surface area contributed by atoms with Gasteiger partial charge < -0.3 is 19.5 Å². The van der Waals surface area contributed by atoms with E-state index in [-0.39, 0.29) is 6.61 Å². The summed E-state index contributed by atoms with van der Waals surface area (Å²) in [6.07, 6.45) is -0.0489. The van der Waals surface area contributed by atoms with Gasteiger partial charge >= 0.3 is 18.0 Å². The van der Waals surface area contributed by atoms with Gasteiger partial charge in [0.2, 0.25) is 0 Å². The fraction of sp³-hybridized carbons (Fsp3) is 0.800. The molecule has 1 N–H and O–H groups in total. The van der Waals surface area contributed by atoms with Crippen LogP contribution in [0.5, 0.6) is 0 Å². The minimum absolute atomic E-state index is 0.245. The van der Waals surface area contributed by atoms with E-state index >= 15 is 0 Å². The van der Waals surface area contributed by atoms with Crippen LogP contribution in [0.15, 0.2) is 0 Å². The third-order valence-corrected chi connectivity index (χ3v) is 2.49. The highest BCUT2D eigenvalue weighted by molar-refractivity contribution is 5.82. The SMILES string of the molecule is CCCCOC(=O)C(NC(=O)OC(C)(C)C)C(C)OC(C)=O. The van der Waals surface area contributed by atoms with E-state index in [0.29, 0.717) is 6.42 Å². The number of carbonyl (C=O) groups is 3. The molecule has 0 saturated heterocycles. The van der Waals surface area contributed by atoms with E-state index in [9.17, 15) is 14.4 Å². The number of alkyl carbamates (subject to hydrolysis) is 1. The fourth-order valence-corrected chi connectivity index (χ4v) is 1.54. The molecule has 1 amide bonds. The zero-order valence-corrected chi connectivity index (χ0v) is 14.2. The summed E-state index contributed by atoms with van der Waals surface area (Å²) in [4.78, 5) is 34.9. The minimum atomic E-state index is -1.12. The summed E-state index contributed by atoms with van der Waals surface area (Å²) in [5.74, 6) is -1.21. The van der Waals surface area contributed by atoms with Crippen molar-refractivity contribution in [2.45, 2.75) is 72.1 Å². The Morgan fingerprint density at radius 2 is 1.77 bits per heavy atom. The lowest BCUT2D eigenvalue weighted by Gasteiger charge is -2.25. The number of amides is 1. The van der Waals surface area contributed by atoms with Crippen molar-refractivity contribution in [3.63, 3.8) is 0 Å². The largest absolute Gasteiger partial charge is 0.464 e. The molecule has 2 unspecified atom stereocenters. The topological polar surface area (TPSA) is 90.9 Å². The van der Waals surface area contributed by atoms with Gasteiger partial charge in [0.05, 0.1) is 6.61 Å². The van der Waals surface area contributed by atoms with E-state index in [0.717, 1.165) is 6.42 Å². The van der Waals surface area contributed by atoms with Gasteiger partial charge in [-0.1, -0.05) is 13.3 Å². The van der Waals surface area contributed by atoms with E-state index in [1.165, 1.54) is 13.8 Å². The second kappa shape index (κ2) is 9.27. The number of esters is 2. The molecule has 0 aliphatic carbocycles. The fourth-order valence-electron chi connectivity index (χ4n) is 1.54. The Balaban J connectivity index is 4.81. The monoisotopic (exact) mass is 317 g/mol. The van der Waals surface area contributed by atoms with Crippen molar-refractivity contribution < 1.29 is 28.6 Å². The minimum Gasteiger partial charge on any atom is -0.464 e. The molecule has 2 atom stereocenters. The smallest absolute Gasteiger partial charge is 0.408 e. The van der Waals surface area contributed by atoms with Crippen molar-refractivity contribution in [3.8, 4) is 0 Å². The van der Waals surface area contributed by atoms with Gasteiger partial charge in [-0.15, -0.1) is 0 Å². The van der Waals surface area contributed by atoms with E-state index in [2.05, 4.69) is 5.32 Å². The maximum absolute atomic E-state index is 12.1. The van der Waals surface area contributed by atoms with Gasteiger partial charge in [-0.2, -0.15) is 0 Å². The predicted octanol–water partition coefficient (Wildman–Crippen LogP) is 2.17. The quantitative estimate of drug-likeness (QED) is 0.439. The molecule has 0 spiro atoms. The lowest BCUT2D eigenvalue weighted by atomic mass is 10.2. The molecule has 7 heteroatoms. The van der Waals surface area contributed by atoms with Crippen LogP contribution in [0.25, 0.3) is 0 Å². The zero-order valence-electron chi connectivity index (χ0n) is 14.2. The van der Waals surface area contributed by atoms with Gasteiger partial charge in [-0.3, -0.25) is 4.79 Å². The lowest BCUT2D eigenvalue weighted by Crippen LogP contribution is -2.51. The number of hydrogen-bond acceptors (Lipinski definition) is 6. The molecule has 0 aliphatic rings. The average molecular weight is 317 g/mol. The Bertz CT molecular complexity index is 388. The second-order valence-electron chi connectivity index (χ2n) is 5.96. The summed E-state index contributed by atoms with van der Waals surface area (Å²) in [7, 11) is 0. The normalized spacial score (nSPS) is 13.7. The molecule has 22 heavy (non-hydrogen) atoms. The summed E-state index contributed by atoms with van der Waals surface area (Å²) in [6, 6.07) is -1.12. The van der Waals surface area contributed by atoms with Crippen LogP contribution in [0, 0.1) is 0 Å². The van der Waals surface area contributed by atoms with E-state index in [1.807, 2.05) is 6.92 Å². The molecular weight excluding hydrogens is 290 g/mol. The number of rotatable bonds is 7. The molecule has 0 heterocycles. The van der Waals surface area contributed by atoms with Gasteiger partial charge in [-0.05, 0) is 34.1 Å². The molecule has 0 aromatic rings. The number of nitrogens with one attached hydrogen (secondary N) is 1. The van der Waals surface area contributed by atoms with Crippen LogP contribution in [0.1, 0.15) is 54.4 Å². The summed E-state index contributed by atoms with van der Waals surface area (Å²) in [5.41, 5.74) is -0.703. The maximum Gasteiger partial charge on any atom is 0.408 e. The summed E-state index contributed by atoms with van der Waals surface area (Å²) in [6.45, 7) is 10.1. The molecule has 0 aromatic heterocycles. The van der Waals surface area contributed by atoms with Gasteiger partial charge in [0.1, 0.15) is 11.7 Å². The first-order chi connectivity index (χ1) is 10.1. The highest BCUT2D eigenvalue weighted by atomic mass is 16.6. The predicted molar refractivity (Wildman–Crippen MR) is 80.3 cm³/mol. The molecule has 0 bridgehead atoms. The molecule has 0 aromatic carbocycles. The number of ether oxygens (including phenoxy) is 3.